The zero-order valence-corrected chi connectivity index (χ0v) is 11.8. The lowest BCUT2D eigenvalue weighted by atomic mass is 9.90. The highest BCUT2D eigenvalue weighted by molar-refractivity contribution is 7.86. The standard InChI is InChI=1S/C9H21N3O2S.ClH/c1-4-11(3)15(13,14)12-6-5-9(2,7-10)8-12;/h4-8,10H2,1-3H3;1H. The highest BCUT2D eigenvalue weighted by Gasteiger charge is 2.39. The average molecular weight is 272 g/mol. The molecule has 0 aliphatic carbocycles. The number of hydrogen-bond acceptors (Lipinski definition) is 3. The molecule has 0 spiro atoms. The summed E-state index contributed by atoms with van der Waals surface area (Å²) < 4.78 is 26.9. The summed E-state index contributed by atoms with van der Waals surface area (Å²) in [7, 11) is -1.65. The highest BCUT2D eigenvalue weighted by atomic mass is 35.5. The van der Waals surface area contributed by atoms with Gasteiger partial charge in [-0.2, -0.15) is 17.0 Å². The van der Waals surface area contributed by atoms with Gasteiger partial charge in [0.05, 0.1) is 0 Å². The van der Waals surface area contributed by atoms with Crippen molar-refractivity contribution < 1.29 is 8.42 Å². The number of rotatable bonds is 4. The fourth-order valence-corrected chi connectivity index (χ4v) is 3.22. The van der Waals surface area contributed by atoms with Crippen LogP contribution >= 0.6 is 12.4 Å². The van der Waals surface area contributed by atoms with Crippen LogP contribution in [0.15, 0.2) is 0 Å². The molecule has 0 saturated carbocycles. The van der Waals surface area contributed by atoms with E-state index in [2.05, 4.69) is 0 Å². The second kappa shape index (κ2) is 5.64. The summed E-state index contributed by atoms with van der Waals surface area (Å²) >= 11 is 0. The van der Waals surface area contributed by atoms with Crippen LogP contribution in [0.2, 0.25) is 0 Å². The van der Waals surface area contributed by atoms with Crippen LogP contribution in [0.5, 0.6) is 0 Å². The summed E-state index contributed by atoms with van der Waals surface area (Å²) in [6.07, 6.45) is 0.848. The van der Waals surface area contributed by atoms with Crippen molar-refractivity contribution in [3.8, 4) is 0 Å². The van der Waals surface area contributed by atoms with Crippen molar-refractivity contribution in [1.29, 1.82) is 0 Å². The van der Waals surface area contributed by atoms with Crippen molar-refractivity contribution in [2.75, 3.05) is 33.2 Å². The van der Waals surface area contributed by atoms with Crippen molar-refractivity contribution in [3.63, 3.8) is 0 Å². The van der Waals surface area contributed by atoms with E-state index in [4.69, 9.17) is 5.73 Å². The molecule has 2 N–H and O–H groups in total. The number of nitrogens with two attached hydrogens (primary N) is 1. The van der Waals surface area contributed by atoms with Crippen LogP contribution in [0.1, 0.15) is 20.3 Å². The molecule has 7 heteroatoms. The lowest BCUT2D eigenvalue weighted by Gasteiger charge is -2.25. The molecule has 98 valence electrons. The van der Waals surface area contributed by atoms with E-state index < -0.39 is 10.2 Å². The van der Waals surface area contributed by atoms with E-state index in [1.165, 1.54) is 8.61 Å². The summed E-state index contributed by atoms with van der Waals surface area (Å²) in [6, 6.07) is 0. The molecule has 5 nitrogen and oxygen atoms in total. The monoisotopic (exact) mass is 271 g/mol. The van der Waals surface area contributed by atoms with Crippen molar-refractivity contribution in [2.24, 2.45) is 11.1 Å². The van der Waals surface area contributed by atoms with Crippen LogP contribution in [0, 0.1) is 5.41 Å². The van der Waals surface area contributed by atoms with Crippen LogP contribution in [0.3, 0.4) is 0 Å². The Kier molecular flexibility index (Phi) is 5.68. The quantitative estimate of drug-likeness (QED) is 0.799. The lowest BCUT2D eigenvalue weighted by Crippen LogP contribution is -2.42. The Balaban J connectivity index is 0.00000225. The van der Waals surface area contributed by atoms with E-state index in [0.29, 0.717) is 26.2 Å². The van der Waals surface area contributed by atoms with E-state index in [1.54, 1.807) is 7.05 Å². The van der Waals surface area contributed by atoms with Gasteiger partial charge in [-0.25, -0.2) is 0 Å². The molecule has 1 saturated heterocycles. The molecule has 0 radical (unpaired) electrons. The zero-order chi connectivity index (χ0) is 11.7. The Hall–Kier alpha value is 0.120. The summed E-state index contributed by atoms with van der Waals surface area (Å²) in [6.45, 7) is 6.02. The van der Waals surface area contributed by atoms with Gasteiger partial charge in [0.2, 0.25) is 0 Å². The molecule has 16 heavy (non-hydrogen) atoms. The Bertz CT molecular complexity index is 323. The third kappa shape index (κ3) is 3.07. The molecule has 0 aromatic carbocycles. The van der Waals surface area contributed by atoms with Crippen LogP contribution in [0.25, 0.3) is 0 Å². The third-order valence-corrected chi connectivity index (χ3v) is 5.19. The molecule has 0 amide bonds. The molecule has 1 rings (SSSR count). The van der Waals surface area contributed by atoms with Gasteiger partial charge in [0.15, 0.2) is 0 Å². The minimum Gasteiger partial charge on any atom is -0.330 e. The number of hydrogen-bond donors (Lipinski definition) is 1. The lowest BCUT2D eigenvalue weighted by molar-refractivity contribution is 0.336. The van der Waals surface area contributed by atoms with E-state index in [9.17, 15) is 8.42 Å². The van der Waals surface area contributed by atoms with E-state index in [-0.39, 0.29) is 17.8 Å². The topological polar surface area (TPSA) is 66.6 Å². The summed E-state index contributed by atoms with van der Waals surface area (Å²) in [5, 5.41) is 0. The minimum absolute atomic E-state index is 0. The van der Waals surface area contributed by atoms with Gasteiger partial charge in [-0.05, 0) is 18.4 Å². The Morgan fingerprint density at radius 3 is 2.44 bits per heavy atom. The van der Waals surface area contributed by atoms with E-state index in [0.717, 1.165) is 6.42 Å². The SMILES string of the molecule is CCN(C)S(=O)(=O)N1CCC(C)(CN)C1.Cl. The number of nitrogens with zero attached hydrogens (tertiary/aromatic N) is 2. The predicted molar refractivity (Wildman–Crippen MR) is 67.8 cm³/mol. The van der Waals surface area contributed by atoms with Gasteiger partial charge in [-0.1, -0.05) is 13.8 Å². The second-order valence-electron chi connectivity index (χ2n) is 4.52. The van der Waals surface area contributed by atoms with Crippen molar-refractivity contribution in [1.82, 2.24) is 8.61 Å². The van der Waals surface area contributed by atoms with Gasteiger partial charge >= 0.3 is 0 Å². The van der Waals surface area contributed by atoms with Crippen molar-refractivity contribution >= 4 is 22.6 Å². The third-order valence-electron chi connectivity index (χ3n) is 3.18. The van der Waals surface area contributed by atoms with Crippen LogP contribution in [-0.2, 0) is 10.2 Å². The average Bonchev–Trinajstić information content (AvgIpc) is 2.61. The Labute approximate surface area is 105 Å². The van der Waals surface area contributed by atoms with Gasteiger partial charge in [-0.3, -0.25) is 0 Å². The van der Waals surface area contributed by atoms with Crippen LogP contribution in [0.4, 0.5) is 0 Å². The summed E-state index contributed by atoms with van der Waals surface area (Å²) in [5.41, 5.74) is 5.59. The smallest absolute Gasteiger partial charge is 0.281 e. The molecule has 1 aliphatic heterocycles. The first kappa shape index (κ1) is 16.1. The van der Waals surface area contributed by atoms with Crippen molar-refractivity contribution in [2.45, 2.75) is 20.3 Å². The van der Waals surface area contributed by atoms with Gasteiger partial charge < -0.3 is 5.73 Å². The molecule has 1 fully saturated rings. The van der Waals surface area contributed by atoms with Gasteiger partial charge in [0.25, 0.3) is 10.2 Å². The first-order chi connectivity index (χ1) is 6.85. The molecule has 1 aliphatic rings. The molecule has 0 bridgehead atoms. The molecular formula is C9H22ClN3O2S. The van der Waals surface area contributed by atoms with Crippen LogP contribution in [-0.4, -0.2) is 50.3 Å². The maximum Gasteiger partial charge on any atom is 0.281 e. The number of halogens is 1. The normalized spacial score (nSPS) is 27.1. The Morgan fingerprint density at radius 2 is 2.06 bits per heavy atom. The first-order valence-electron chi connectivity index (χ1n) is 5.27. The fourth-order valence-electron chi connectivity index (χ4n) is 1.70. The van der Waals surface area contributed by atoms with Crippen molar-refractivity contribution in [3.05, 3.63) is 0 Å². The second-order valence-corrected chi connectivity index (χ2v) is 6.56. The van der Waals surface area contributed by atoms with E-state index in [1.807, 2.05) is 13.8 Å². The maximum absolute atomic E-state index is 12.0. The minimum atomic E-state index is -3.26. The summed E-state index contributed by atoms with van der Waals surface area (Å²) in [5.74, 6) is 0. The molecule has 0 aromatic rings. The largest absolute Gasteiger partial charge is 0.330 e. The Morgan fingerprint density at radius 1 is 1.50 bits per heavy atom. The van der Waals surface area contributed by atoms with E-state index >= 15 is 0 Å². The zero-order valence-electron chi connectivity index (χ0n) is 10.1. The first-order valence-corrected chi connectivity index (χ1v) is 6.67. The highest BCUT2D eigenvalue weighted by Crippen LogP contribution is 2.30. The molecule has 1 unspecified atom stereocenters. The fraction of sp³-hybridized carbons (Fsp3) is 1.00. The molecular weight excluding hydrogens is 250 g/mol. The predicted octanol–water partition coefficient (Wildman–Crippen LogP) is 0.275. The van der Waals surface area contributed by atoms with Gasteiger partial charge in [-0.15, -0.1) is 12.4 Å². The summed E-state index contributed by atoms with van der Waals surface area (Å²) in [4.78, 5) is 0. The van der Waals surface area contributed by atoms with Crippen LogP contribution < -0.4 is 5.73 Å². The van der Waals surface area contributed by atoms with Gasteiger partial charge in [0, 0.05) is 26.7 Å². The molecule has 0 aromatic heterocycles. The molecule has 1 heterocycles. The van der Waals surface area contributed by atoms with Gasteiger partial charge in [0.1, 0.15) is 0 Å². The molecule has 1 atom stereocenters. The maximum atomic E-state index is 12.0.